The molecule has 3 rings (SSSR count). The number of hydrogen-bond donors (Lipinski definition) is 2. The van der Waals surface area contributed by atoms with E-state index in [1.807, 2.05) is 24.3 Å². The van der Waals surface area contributed by atoms with Crippen molar-refractivity contribution in [3.05, 3.63) is 63.6 Å². The first kappa shape index (κ1) is 16.6. The number of fused-ring (bicyclic) bond motifs is 1. The van der Waals surface area contributed by atoms with Crippen LogP contribution in [-0.2, 0) is 17.8 Å². The second kappa shape index (κ2) is 6.71. The van der Waals surface area contributed by atoms with Gasteiger partial charge in [-0.15, -0.1) is 0 Å². The van der Waals surface area contributed by atoms with Gasteiger partial charge >= 0.3 is 6.03 Å². The fourth-order valence-electron chi connectivity index (χ4n) is 2.76. The van der Waals surface area contributed by atoms with Gasteiger partial charge < -0.3 is 16.0 Å². The number of halogens is 2. The van der Waals surface area contributed by atoms with Crippen molar-refractivity contribution >= 4 is 40.8 Å². The van der Waals surface area contributed by atoms with Gasteiger partial charge in [0, 0.05) is 18.7 Å². The van der Waals surface area contributed by atoms with Crippen molar-refractivity contribution in [3.63, 3.8) is 0 Å². The monoisotopic (exact) mass is 363 g/mol. The van der Waals surface area contributed by atoms with E-state index in [9.17, 15) is 9.59 Å². The zero-order valence-corrected chi connectivity index (χ0v) is 14.1. The quantitative estimate of drug-likeness (QED) is 0.857. The number of urea groups is 1. The molecule has 0 spiro atoms. The van der Waals surface area contributed by atoms with Crippen LogP contribution < -0.4 is 11.1 Å². The van der Waals surface area contributed by atoms with Crippen LogP contribution in [0.4, 0.5) is 10.5 Å². The summed E-state index contributed by atoms with van der Waals surface area (Å²) in [5.41, 5.74) is 8.01. The van der Waals surface area contributed by atoms with Crippen LogP contribution in [0.15, 0.2) is 42.5 Å². The smallest absolute Gasteiger partial charge is 0.322 e. The van der Waals surface area contributed by atoms with Crippen molar-refractivity contribution in [2.24, 2.45) is 5.73 Å². The van der Waals surface area contributed by atoms with E-state index in [1.54, 1.807) is 18.2 Å². The molecule has 0 aromatic heterocycles. The molecule has 0 bridgehead atoms. The van der Waals surface area contributed by atoms with Gasteiger partial charge in [-0.3, -0.25) is 4.79 Å². The minimum Gasteiger partial charge on any atom is -0.368 e. The Bertz CT molecular complexity index is 810. The van der Waals surface area contributed by atoms with Crippen molar-refractivity contribution < 1.29 is 9.59 Å². The van der Waals surface area contributed by atoms with E-state index in [4.69, 9.17) is 28.9 Å². The van der Waals surface area contributed by atoms with Crippen molar-refractivity contribution in [1.29, 1.82) is 0 Å². The number of nitrogens with zero attached hydrogens (tertiary/aromatic N) is 1. The largest absolute Gasteiger partial charge is 0.368 e. The average molecular weight is 364 g/mol. The highest BCUT2D eigenvalue weighted by atomic mass is 35.5. The van der Waals surface area contributed by atoms with Gasteiger partial charge in [0.2, 0.25) is 5.91 Å². The van der Waals surface area contributed by atoms with Crippen LogP contribution in [0.1, 0.15) is 11.1 Å². The highest BCUT2D eigenvalue weighted by Crippen LogP contribution is 2.27. The highest BCUT2D eigenvalue weighted by molar-refractivity contribution is 6.42. The molecule has 2 aromatic rings. The van der Waals surface area contributed by atoms with E-state index in [2.05, 4.69) is 5.32 Å². The third kappa shape index (κ3) is 3.32. The molecule has 124 valence electrons. The molecule has 1 atom stereocenters. The Morgan fingerprint density at radius 3 is 2.46 bits per heavy atom. The Morgan fingerprint density at radius 1 is 1.08 bits per heavy atom. The molecule has 1 heterocycles. The maximum atomic E-state index is 12.6. The van der Waals surface area contributed by atoms with Crippen LogP contribution in [0, 0.1) is 0 Å². The van der Waals surface area contributed by atoms with Crippen LogP contribution in [0.5, 0.6) is 0 Å². The summed E-state index contributed by atoms with van der Waals surface area (Å²) in [4.78, 5) is 25.8. The number of carbonyl (C=O) groups is 2. The van der Waals surface area contributed by atoms with Crippen LogP contribution in [0.25, 0.3) is 0 Å². The number of primary amides is 1. The molecule has 2 aromatic carbocycles. The summed E-state index contributed by atoms with van der Waals surface area (Å²) in [6.45, 7) is 0.316. The maximum absolute atomic E-state index is 12.6. The molecule has 5 nitrogen and oxygen atoms in total. The fraction of sp³-hybridized carbons (Fsp3) is 0.176. The van der Waals surface area contributed by atoms with Crippen LogP contribution >= 0.6 is 23.2 Å². The maximum Gasteiger partial charge on any atom is 0.322 e. The van der Waals surface area contributed by atoms with Gasteiger partial charge in [-0.05, 0) is 29.3 Å². The summed E-state index contributed by atoms with van der Waals surface area (Å²) in [5, 5.41) is 3.47. The summed E-state index contributed by atoms with van der Waals surface area (Å²) >= 11 is 11.8. The van der Waals surface area contributed by atoms with Crippen molar-refractivity contribution in [2.45, 2.75) is 19.0 Å². The van der Waals surface area contributed by atoms with Gasteiger partial charge in [0.15, 0.2) is 0 Å². The first-order chi connectivity index (χ1) is 11.5. The van der Waals surface area contributed by atoms with E-state index < -0.39 is 18.0 Å². The third-order valence-corrected chi connectivity index (χ3v) is 4.75. The summed E-state index contributed by atoms with van der Waals surface area (Å²) in [6.07, 6.45) is 0.403. The normalized spacial score (nSPS) is 16.4. The van der Waals surface area contributed by atoms with Crippen molar-refractivity contribution in [1.82, 2.24) is 4.90 Å². The first-order valence-electron chi connectivity index (χ1n) is 7.34. The van der Waals surface area contributed by atoms with E-state index in [0.29, 0.717) is 28.7 Å². The first-order valence-corrected chi connectivity index (χ1v) is 8.10. The predicted octanol–water partition coefficient (Wildman–Crippen LogP) is 3.44. The summed E-state index contributed by atoms with van der Waals surface area (Å²) in [5.74, 6) is -0.534. The number of rotatable bonds is 2. The van der Waals surface area contributed by atoms with Gasteiger partial charge in [-0.2, -0.15) is 0 Å². The molecule has 0 fully saturated rings. The molecule has 24 heavy (non-hydrogen) atoms. The Kier molecular flexibility index (Phi) is 4.64. The number of carbonyl (C=O) groups excluding carboxylic acids is 2. The minimum absolute atomic E-state index is 0.316. The fourth-order valence-corrected chi connectivity index (χ4v) is 3.06. The topological polar surface area (TPSA) is 75.4 Å². The lowest BCUT2D eigenvalue weighted by Gasteiger charge is -2.35. The van der Waals surface area contributed by atoms with E-state index in [1.165, 1.54) is 4.90 Å². The van der Waals surface area contributed by atoms with Gasteiger partial charge in [-0.25, -0.2) is 4.79 Å². The summed E-state index contributed by atoms with van der Waals surface area (Å²) in [6, 6.07) is 11.4. The molecule has 1 unspecified atom stereocenters. The molecular formula is C17H15Cl2N3O2. The predicted molar refractivity (Wildman–Crippen MR) is 94.2 cm³/mol. The van der Waals surface area contributed by atoms with E-state index in [0.717, 1.165) is 11.1 Å². The minimum atomic E-state index is -0.692. The third-order valence-electron chi connectivity index (χ3n) is 4.01. The molecule has 7 heteroatoms. The number of nitrogens with two attached hydrogens (primary N) is 1. The molecule has 1 aliphatic rings. The second-order valence-corrected chi connectivity index (χ2v) is 6.39. The van der Waals surface area contributed by atoms with Gasteiger partial charge in [0.25, 0.3) is 0 Å². The second-order valence-electron chi connectivity index (χ2n) is 5.58. The highest BCUT2D eigenvalue weighted by Gasteiger charge is 2.33. The van der Waals surface area contributed by atoms with Gasteiger partial charge in [-0.1, -0.05) is 47.5 Å². The van der Waals surface area contributed by atoms with E-state index >= 15 is 0 Å². The van der Waals surface area contributed by atoms with E-state index in [-0.39, 0.29) is 0 Å². The van der Waals surface area contributed by atoms with Crippen molar-refractivity contribution in [2.75, 3.05) is 5.32 Å². The molecule has 0 radical (unpaired) electrons. The molecule has 3 N–H and O–H groups in total. The molecule has 0 saturated heterocycles. The zero-order chi connectivity index (χ0) is 17.3. The number of benzene rings is 2. The SMILES string of the molecule is NC(=O)C1Cc2ccccc2CN1C(=O)Nc1ccc(Cl)c(Cl)c1. The lowest BCUT2D eigenvalue weighted by Crippen LogP contribution is -2.52. The molecule has 3 amide bonds. The van der Waals surface area contributed by atoms with Crippen LogP contribution in [0.2, 0.25) is 10.0 Å². The van der Waals surface area contributed by atoms with Crippen LogP contribution in [-0.4, -0.2) is 22.9 Å². The van der Waals surface area contributed by atoms with Gasteiger partial charge in [0.05, 0.1) is 10.0 Å². The molecule has 0 saturated carbocycles. The Balaban J connectivity index is 1.84. The zero-order valence-electron chi connectivity index (χ0n) is 12.6. The number of hydrogen-bond acceptors (Lipinski definition) is 2. The molecular weight excluding hydrogens is 349 g/mol. The molecule has 1 aliphatic heterocycles. The Morgan fingerprint density at radius 2 is 1.79 bits per heavy atom. The number of amides is 3. The Hall–Kier alpha value is -2.24. The number of anilines is 1. The summed E-state index contributed by atoms with van der Waals surface area (Å²) in [7, 11) is 0. The van der Waals surface area contributed by atoms with Crippen molar-refractivity contribution in [3.8, 4) is 0 Å². The van der Waals surface area contributed by atoms with Crippen LogP contribution in [0.3, 0.4) is 0 Å². The lowest BCUT2D eigenvalue weighted by atomic mass is 9.94. The summed E-state index contributed by atoms with van der Waals surface area (Å²) < 4.78 is 0. The van der Waals surface area contributed by atoms with Gasteiger partial charge in [0.1, 0.15) is 6.04 Å². The molecule has 0 aliphatic carbocycles. The lowest BCUT2D eigenvalue weighted by molar-refractivity contribution is -0.122. The Labute approximate surface area is 149 Å². The average Bonchev–Trinajstić information content (AvgIpc) is 2.57. The number of nitrogens with one attached hydrogen (secondary N) is 1. The standard InChI is InChI=1S/C17H15Cl2N3O2/c18-13-6-5-12(8-14(13)19)21-17(24)22-9-11-4-2-1-3-10(11)7-15(22)16(20)23/h1-6,8,15H,7,9H2,(H2,20,23)(H,21,24).